The van der Waals surface area contributed by atoms with Crippen molar-refractivity contribution in [2.24, 2.45) is 5.92 Å². The van der Waals surface area contributed by atoms with Crippen molar-refractivity contribution < 1.29 is 9.90 Å². The molecule has 0 radical (unpaired) electrons. The quantitative estimate of drug-likeness (QED) is 0.843. The monoisotopic (exact) mass is 257 g/mol. The molecular weight excluding hydrogens is 238 g/mol. The highest BCUT2D eigenvalue weighted by Gasteiger charge is 2.26. The van der Waals surface area contributed by atoms with Crippen molar-refractivity contribution in [3.63, 3.8) is 0 Å². The zero-order valence-electron chi connectivity index (χ0n) is 11.0. The minimum absolute atomic E-state index is 0.885. The molecule has 1 aliphatic carbocycles. The highest BCUT2D eigenvalue weighted by molar-refractivity contribution is 5.85. The summed E-state index contributed by atoms with van der Waals surface area (Å²) in [6, 6.07) is 6.21. The maximum Gasteiger partial charge on any atom is 0.328 e. The summed E-state index contributed by atoms with van der Waals surface area (Å²) in [4.78, 5) is 13.2. The number of aliphatic carboxylic acids is 1. The van der Waals surface area contributed by atoms with E-state index in [4.69, 9.17) is 5.11 Å². The minimum Gasteiger partial charge on any atom is -0.478 e. The molecule has 0 bridgehead atoms. The summed E-state index contributed by atoms with van der Waals surface area (Å²) in [6.45, 7) is 3.34. The van der Waals surface area contributed by atoms with Gasteiger partial charge >= 0.3 is 5.97 Å². The second kappa shape index (κ2) is 5.17. The lowest BCUT2D eigenvalue weighted by Gasteiger charge is -2.29. The largest absolute Gasteiger partial charge is 0.478 e. The SMILES string of the molecule is O=C(O)C=Cc1cccc2c1CCN(CC1CC1)C2. The maximum atomic E-state index is 10.6. The lowest BCUT2D eigenvalue weighted by molar-refractivity contribution is -0.131. The first kappa shape index (κ1) is 12.4. The molecule has 1 heterocycles. The van der Waals surface area contributed by atoms with Crippen LogP contribution in [-0.4, -0.2) is 29.1 Å². The molecule has 3 heteroatoms. The van der Waals surface area contributed by atoms with Gasteiger partial charge < -0.3 is 5.11 Å². The standard InChI is InChI=1S/C16H19NO2/c18-16(19)7-6-13-2-1-3-14-11-17(9-8-15(13)14)10-12-4-5-12/h1-3,6-7,12H,4-5,8-11H2,(H,18,19). The summed E-state index contributed by atoms with van der Waals surface area (Å²) in [5.74, 6) is 0.0420. The number of fused-ring (bicyclic) bond motifs is 1. The van der Waals surface area contributed by atoms with Crippen LogP contribution >= 0.6 is 0 Å². The summed E-state index contributed by atoms with van der Waals surface area (Å²) >= 11 is 0. The van der Waals surface area contributed by atoms with Crippen molar-refractivity contribution in [3.8, 4) is 0 Å². The van der Waals surface area contributed by atoms with Crippen LogP contribution in [0.1, 0.15) is 29.5 Å². The Morgan fingerprint density at radius 1 is 1.42 bits per heavy atom. The molecule has 0 unspecified atom stereocenters. The lowest BCUT2D eigenvalue weighted by atomic mass is 9.94. The predicted molar refractivity (Wildman–Crippen MR) is 74.8 cm³/mol. The van der Waals surface area contributed by atoms with Crippen LogP contribution in [0.3, 0.4) is 0 Å². The molecule has 0 amide bonds. The number of nitrogens with zero attached hydrogens (tertiary/aromatic N) is 1. The number of carboxylic acids is 1. The molecule has 2 aliphatic rings. The molecule has 1 aromatic carbocycles. The molecule has 3 nitrogen and oxygen atoms in total. The van der Waals surface area contributed by atoms with E-state index in [9.17, 15) is 4.79 Å². The number of carbonyl (C=O) groups is 1. The van der Waals surface area contributed by atoms with Crippen LogP contribution < -0.4 is 0 Å². The van der Waals surface area contributed by atoms with Crippen molar-refractivity contribution in [2.75, 3.05) is 13.1 Å². The van der Waals surface area contributed by atoms with E-state index in [1.807, 2.05) is 12.1 Å². The minimum atomic E-state index is -0.885. The highest BCUT2D eigenvalue weighted by atomic mass is 16.4. The summed E-state index contributed by atoms with van der Waals surface area (Å²) in [7, 11) is 0. The van der Waals surface area contributed by atoms with E-state index in [0.717, 1.165) is 31.0 Å². The smallest absolute Gasteiger partial charge is 0.328 e. The summed E-state index contributed by atoms with van der Waals surface area (Å²) < 4.78 is 0. The molecule has 1 fully saturated rings. The predicted octanol–water partition coefficient (Wildman–Crippen LogP) is 2.55. The molecule has 1 saturated carbocycles. The molecule has 1 aliphatic heterocycles. The van der Waals surface area contributed by atoms with Gasteiger partial charge in [-0.15, -0.1) is 0 Å². The zero-order valence-corrected chi connectivity index (χ0v) is 11.0. The molecule has 0 saturated heterocycles. The third kappa shape index (κ3) is 3.04. The second-order valence-corrected chi connectivity index (χ2v) is 5.58. The van der Waals surface area contributed by atoms with Gasteiger partial charge in [0, 0.05) is 25.7 Å². The normalized spacial score (nSPS) is 19.6. The van der Waals surface area contributed by atoms with Gasteiger partial charge in [0.05, 0.1) is 0 Å². The Morgan fingerprint density at radius 2 is 2.26 bits per heavy atom. The van der Waals surface area contributed by atoms with Gasteiger partial charge in [-0.1, -0.05) is 18.2 Å². The number of rotatable bonds is 4. The van der Waals surface area contributed by atoms with Crippen LogP contribution in [0.4, 0.5) is 0 Å². The molecule has 19 heavy (non-hydrogen) atoms. The van der Waals surface area contributed by atoms with Crippen molar-refractivity contribution >= 4 is 12.0 Å². The van der Waals surface area contributed by atoms with Crippen LogP contribution in [0.5, 0.6) is 0 Å². The number of hydrogen-bond acceptors (Lipinski definition) is 2. The Labute approximate surface area is 113 Å². The fourth-order valence-electron chi connectivity index (χ4n) is 2.84. The molecule has 0 spiro atoms. The first-order chi connectivity index (χ1) is 9.22. The Hall–Kier alpha value is -1.61. The van der Waals surface area contributed by atoms with E-state index in [1.54, 1.807) is 6.08 Å². The fourth-order valence-corrected chi connectivity index (χ4v) is 2.84. The van der Waals surface area contributed by atoms with E-state index in [1.165, 1.54) is 36.6 Å². The Morgan fingerprint density at radius 3 is 3.00 bits per heavy atom. The topological polar surface area (TPSA) is 40.5 Å². The van der Waals surface area contributed by atoms with Crippen LogP contribution in [-0.2, 0) is 17.8 Å². The zero-order chi connectivity index (χ0) is 13.2. The van der Waals surface area contributed by atoms with E-state index in [0.29, 0.717) is 0 Å². The van der Waals surface area contributed by atoms with Crippen molar-refractivity contribution in [1.82, 2.24) is 4.90 Å². The van der Waals surface area contributed by atoms with Gasteiger partial charge in [0.2, 0.25) is 0 Å². The van der Waals surface area contributed by atoms with Gasteiger partial charge in [-0.25, -0.2) is 4.79 Å². The van der Waals surface area contributed by atoms with Crippen molar-refractivity contribution in [1.29, 1.82) is 0 Å². The summed E-state index contributed by atoms with van der Waals surface area (Å²) in [6.07, 6.45) is 6.77. The fraction of sp³-hybridized carbons (Fsp3) is 0.438. The molecular formula is C16H19NO2. The average Bonchev–Trinajstić information content (AvgIpc) is 3.19. The molecule has 1 aromatic rings. The van der Waals surface area contributed by atoms with E-state index < -0.39 is 5.97 Å². The number of benzene rings is 1. The van der Waals surface area contributed by atoms with Gasteiger partial charge in [0.25, 0.3) is 0 Å². The van der Waals surface area contributed by atoms with Gasteiger partial charge in [0.15, 0.2) is 0 Å². The Balaban J connectivity index is 1.77. The third-order valence-electron chi connectivity index (χ3n) is 4.00. The summed E-state index contributed by atoms with van der Waals surface area (Å²) in [5, 5.41) is 8.73. The molecule has 100 valence electrons. The lowest BCUT2D eigenvalue weighted by Crippen LogP contribution is -2.32. The average molecular weight is 257 g/mol. The van der Waals surface area contributed by atoms with Crippen molar-refractivity contribution in [3.05, 3.63) is 41.0 Å². The van der Waals surface area contributed by atoms with Gasteiger partial charge in [-0.3, -0.25) is 4.90 Å². The van der Waals surface area contributed by atoms with E-state index in [-0.39, 0.29) is 0 Å². The van der Waals surface area contributed by atoms with E-state index in [2.05, 4.69) is 11.0 Å². The van der Waals surface area contributed by atoms with Gasteiger partial charge in [0.1, 0.15) is 0 Å². The van der Waals surface area contributed by atoms with Crippen LogP contribution in [0.2, 0.25) is 0 Å². The molecule has 0 atom stereocenters. The van der Waals surface area contributed by atoms with Crippen LogP contribution in [0.15, 0.2) is 24.3 Å². The first-order valence-electron chi connectivity index (χ1n) is 6.96. The number of carboxylic acid groups (broad SMARTS) is 1. The van der Waals surface area contributed by atoms with Crippen LogP contribution in [0.25, 0.3) is 6.08 Å². The van der Waals surface area contributed by atoms with E-state index >= 15 is 0 Å². The molecule has 3 rings (SSSR count). The third-order valence-corrected chi connectivity index (χ3v) is 4.00. The second-order valence-electron chi connectivity index (χ2n) is 5.58. The Kier molecular flexibility index (Phi) is 3.38. The maximum absolute atomic E-state index is 10.6. The highest BCUT2D eigenvalue weighted by Crippen LogP contribution is 2.32. The first-order valence-corrected chi connectivity index (χ1v) is 6.96. The van der Waals surface area contributed by atoms with Crippen LogP contribution in [0, 0.1) is 5.92 Å². The molecule has 0 aromatic heterocycles. The Bertz CT molecular complexity index is 517. The van der Waals surface area contributed by atoms with Crippen molar-refractivity contribution in [2.45, 2.75) is 25.8 Å². The molecule has 1 N–H and O–H groups in total. The van der Waals surface area contributed by atoms with Gasteiger partial charge in [-0.05, 0) is 47.9 Å². The number of hydrogen-bond donors (Lipinski definition) is 1. The summed E-state index contributed by atoms with van der Waals surface area (Å²) in [5.41, 5.74) is 3.75. The van der Waals surface area contributed by atoms with Gasteiger partial charge in [-0.2, -0.15) is 0 Å².